The summed E-state index contributed by atoms with van der Waals surface area (Å²) in [6.07, 6.45) is 9.66. The number of halogens is 3. The fraction of sp³-hybridized carbons (Fsp3) is 0.0513. The fourth-order valence-corrected chi connectivity index (χ4v) is 13.2. The molecule has 0 bridgehead atoms. The second kappa shape index (κ2) is 21.2. The molecule has 11 aromatic carbocycles. The van der Waals surface area contributed by atoms with Crippen molar-refractivity contribution in [3.63, 3.8) is 0 Å². The highest BCUT2D eigenvalue weighted by atomic mass is 19.1. The van der Waals surface area contributed by atoms with Gasteiger partial charge in [0, 0.05) is 17.1 Å². The van der Waals surface area contributed by atoms with Gasteiger partial charge in [-0.15, -0.1) is 0 Å². The zero-order chi connectivity index (χ0) is 56.9. The number of rotatable bonds is 14. The van der Waals surface area contributed by atoms with Gasteiger partial charge in [-0.25, -0.2) is 13.2 Å². The molecule has 3 nitrogen and oxygen atoms in total. The minimum Gasteiger partial charge on any atom is -0.457 e. The highest BCUT2D eigenvalue weighted by molar-refractivity contribution is 5.94. The lowest BCUT2D eigenvalue weighted by Gasteiger charge is -2.37. The third-order valence-corrected chi connectivity index (χ3v) is 17.0. The van der Waals surface area contributed by atoms with E-state index in [1.807, 2.05) is 84.9 Å². The number of hydrogen-bond donors (Lipinski definition) is 0. The van der Waals surface area contributed by atoms with Gasteiger partial charge in [-0.3, -0.25) is 0 Å². The number of allylic oxidation sites excluding steroid dienone is 4. The molecule has 0 radical (unpaired) electrons. The minimum atomic E-state index is -0.989. The lowest BCUT2D eigenvalue weighted by molar-refractivity contribution is 0.482. The van der Waals surface area contributed by atoms with Gasteiger partial charge in [-0.2, -0.15) is 0 Å². The first-order valence-corrected chi connectivity index (χ1v) is 28.2. The second-order valence-corrected chi connectivity index (χ2v) is 21.5. The van der Waals surface area contributed by atoms with E-state index in [9.17, 15) is 4.39 Å². The van der Waals surface area contributed by atoms with Crippen LogP contribution in [0.2, 0.25) is 0 Å². The van der Waals surface area contributed by atoms with Crippen LogP contribution < -0.4 is 14.4 Å². The van der Waals surface area contributed by atoms with Crippen LogP contribution in [0.3, 0.4) is 0 Å². The van der Waals surface area contributed by atoms with Gasteiger partial charge in [0.15, 0.2) is 0 Å². The number of ether oxygens (including phenoxy) is 2. The van der Waals surface area contributed by atoms with Crippen molar-refractivity contribution < 1.29 is 22.6 Å². The molecule has 3 aliphatic rings. The van der Waals surface area contributed by atoms with E-state index < -0.39 is 10.8 Å². The van der Waals surface area contributed by atoms with Gasteiger partial charge >= 0.3 is 0 Å². The normalized spacial score (nSPS) is 16.3. The molecule has 2 unspecified atom stereocenters. The standard InChI is InChI=1S/C78H54F3NO2/c1-3-51-19-37-65(38-20-51)83-67-41-27-55(28-42-67)77(57-11-9-13-60(80)47-57)73-17-7-5-15-69(73)71-45-35-63(49-75(71)77)82(62-33-25-54(26-34-62)53-23-31-59(79)32-24-53)64-36-46-72-70-16-6-8-18-74(70)78(76(72)50-64,58-12-10-14-61(81)48-58)56-29-43-68(44-30-56)84-66-39-21-52(4-2)22-40-66/h3-7,9-17,19-50H,1-2,8,18H2. The summed E-state index contributed by atoms with van der Waals surface area (Å²) in [7, 11) is 0. The van der Waals surface area contributed by atoms with Crippen molar-refractivity contribution in [2.24, 2.45) is 0 Å². The van der Waals surface area contributed by atoms with Crippen molar-refractivity contribution in [1.82, 2.24) is 0 Å². The molecule has 0 saturated heterocycles. The Morgan fingerprint density at radius 3 is 1.39 bits per heavy atom. The first-order chi connectivity index (χ1) is 41.2. The van der Waals surface area contributed by atoms with E-state index in [1.54, 1.807) is 42.5 Å². The van der Waals surface area contributed by atoms with Crippen LogP contribution in [-0.2, 0) is 10.8 Å². The van der Waals surface area contributed by atoms with E-state index in [1.165, 1.54) is 29.8 Å². The van der Waals surface area contributed by atoms with Crippen LogP contribution in [0, 0.1) is 17.5 Å². The Labute approximate surface area is 487 Å². The van der Waals surface area contributed by atoms with E-state index in [4.69, 9.17) is 9.47 Å². The fourth-order valence-electron chi connectivity index (χ4n) is 13.2. The molecule has 0 aromatic heterocycles. The molecule has 0 N–H and O–H groups in total. The smallest absolute Gasteiger partial charge is 0.127 e. The quantitative estimate of drug-likeness (QED) is 0.108. The van der Waals surface area contributed by atoms with Crippen LogP contribution in [0.15, 0.2) is 286 Å². The molecule has 6 heteroatoms. The highest BCUT2D eigenvalue weighted by Gasteiger charge is 2.49. The maximum absolute atomic E-state index is 16.0. The van der Waals surface area contributed by atoms with Crippen molar-refractivity contribution in [3.8, 4) is 45.3 Å². The summed E-state index contributed by atoms with van der Waals surface area (Å²) < 4.78 is 59.2. The topological polar surface area (TPSA) is 21.7 Å². The molecular formula is C78H54F3NO2. The number of anilines is 3. The zero-order valence-electron chi connectivity index (χ0n) is 45.8. The molecule has 0 saturated carbocycles. The SMILES string of the molecule is C=Cc1ccc(Oc2ccc(C3(c4cccc(F)c4)C4=C(C=CCC4)c4ccc(N(c5ccc(-c6ccc(F)cc6)cc5)c5ccc6c(c5)C(c5ccc(Oc7ccc(C=C)cc7)cc5)(c5cccc(F)c5)c5ccccc5-6)cc43)cc2)cc1. The number of fused-ring (bicyclic) bond motifs is 5. The summed E-state index contributed by atoms with van der Waals surface area (Å²) in [5, 5.41) is 0. The molecule has 3 aliphatic carbocycles. The molecule has 14 rings (SSSR count). The van der Waals surface area contributed by atoms with Crippen LogP contribution in [0.1, 0.15) is 68.5 Å². The second-order valence-electron chi connectivity index (χ2n) is 21.5. The Morgan fingerprint density at radius 2 is 0.845 bits per heavy atom. The molecule has 0 amide bonds. The molecular weight excluding hydrogens is 1040 g/mol. The van der Waals surface area contributed by atoms with E-state index in [-0.39, 0.29) is 17.5 Å². The third-order valence-electron chi connectivity index (χ3n) is 17.0. The number of nitrogens with zero attached hydrogens (tertiary/aromatic N) is 1. The third kappa shape index (κ3) is 8.77. The van der Waals surface area contributed by atoms with Crippen molar-refractivity contribution in [2.45, 2.75) is 23.7 Å². The average Bonchev–Trinajstić information content (AvgIpc) is 2.09. The predicted octanol–water partition coefficient (Wildman–Crippen LogP) is 20.9. The monoisotopic (exact) mass is 1090 g/mol. The van der Waals surface area contributed by atoms with Gasteiger partial charge < -0.3 is 14.4 Å². The minimum absolute atomic E-state index is 0.301. The molecule has 0 fully saturated rings. The molecule has 0 spiro atoms. The van der Waals surface area contributed by atoms with Crippen LogP contribution in [0.4, 0.5) is 30.2 Å². The summed E-state index contributed by atoms with van der Waals surface area (Å²) in [6.45, 7) is 7.79. The molecule has 84 heavy (non-hydrogen) atoms. The highest BCUT2D eigenvalue weighted by Crippen LogP contribution is 2.60. The first kappa shape index (κ1) is 51.7. The van der Waals surface area contributed by atoms with E-state index in [0.29, 0.717) is 23.0 Å². The number of benzene rings is 11. The Morgan fingerprint density at radius 1 is 0.381 bits per heavy atom. The average molecular weight is 1090 g/mol. The van der Waals surface area contributed by atoms with Crippen molar-refractivity contribution >= 4 is 34.8 Å². The molecule has 0 heterocycles. The van der Waals surface area contributed by atoms with E-state index >= 15 is 8.78 Å². The maximum Gasteiger partial charge on any atom is 0.127 e. The maximum atomic E-state index is 16.0. The van der Waals surface area contributed by atoms with E-state index in [0.717, 1.165) is 113 Å². The van der Waals surface area contributed by atoms with Crippen LogP contribution in [-0.4, -0.2) is 0 Å². The zero-order valence-corrected chi connectivity index (χ0v) is 45.8. The van der Waals surface area contributed by atoms with Crippen LogP contribution in [0.25, 0.3) is 40.0 Å². The molecule has 2 atom stereocenters. The van der Waals surface area contributed by atoms with Gasteiger partial charge in [0.05, 0.1) is 10.8 Å². The van der Waals surface area contributed by atoms with Crippen LogP contribution in [0.5, 0.6) is 23.0 Å². The molecule has 11 aromatic rings. The van der Waals surface area contributed by atoms with Crippen molar-refractivity contribution in [2.75, 3.05) is 4.90 Å². The number of hydrogen-bond acceptors (Lipinski definition) is 3. The summed E-state index contributed by atoms with van der Waals surface area (Å²) in [4.78, 5) is 2.28. The van der Waals surface area contributed by atoms with Crippen LogP contribution >= 0.6 is 0 Å². The Bertz CT molecular complexity index is 4410. The summed E-state index contributed by atoms with van der Waals surface area (Å²) >= 11 is 0. The Hall–Kier alpha value is -10.4. The van der Waals surface area contributed by atoms with Gasteiger partial charge in [0.1, 0.15) is 40.4 Å². The lowest BCUT2D eigenvalue weighted by atomic mass is 9.65. The summed E-state index contributed by atoms with van der Waals surface area (Å²) in [5.74, 6) is 1.77. The van der Waals surface area contributed by atoms with Crippen molar-refractivity contribution in [3.05, 3.63) is 359 Å². The van der Waals surface area contributed by atoms with Gasteiger partial charge in [0.25, 0.3) is 0 Å². The predicted molar refractivity (Wildman–Crippen MR) is 335 cm³/mol. The molecule has 0 aliphatic heterocycles. The Kier molecular flexibility index (Phi) is 13.0. The lowest BCUT2D eigenvalue weighted by Crippen LogP contribution is -2.30. The van der Waals surface area contributed by atoms with Gasteiger partial charge in [-0.05, 0) is 223 Å². The summed E-state index contributed by atoms with van der Waals surface area (Å²) in [5.41, 5.74) is 16.5. The molecule has 404 valence electrons. The Balaban J connectivity index is 0.969. The van der Waals surface area contributed by atoms with Gasteiger partial charge in [-0.1, -0.05) is 171 Å². The first-order valence-electron chi connectivity index (χ1n) is 28.2. The largest absolute Gasteiger partial charge is 0.457 e. The summed E-state index contributed by atoms with van der Waals surface area (Å²) in [6, 6.07) is 82.7. The van der Waals surface area contributed by atoms with Gasteiger partial charge in [0.2, 0.25) is 0 Å². The van der Waals surface area contributed by atoms with E-state index in [2.05, 4.69) is 145 Å². The van der Waals surface area contributed by atoms with Crippen molar-refractivity contribution in [1.29, 1.82) is 0 Å².